The largest absolute Gasteiger partial charge is 0.461 e. The molecule has 0 radical (unpaired) electrons. The molecule has 1 nitrogen and oxygen atoms in total. The standard InChI is InChI=1S/C31H39F5O/c1-2-3-4-5-6-7-21-8-9-26-19-25(15-14-24(26)18-21)22-10-12-23(13-11-22)27-16-17-29(28(32)20-27)37-31(35,36)30(33)34/h10-13,16-17,20-21,24-26,30H,2-9,14-15,18-19H2,1H3. The lowest BCUT2D eigenvalue weighted by atomic mass is 9.63. The Morgan fingerprint density at radius 1 is 0.838 bits per heavy atom. The molecule has 2 fully saturated rings. The van der Waals surface area contributed by atoms with Gasteiger partial charge >= 0.3 is 12.5 Å². The monoisotopic (exact) mass is 522 g/mol. The third-order valence-corrected chi connectivity index (χ3v) is 8.58. The number of fused-ring (bicyclic) bond motifs is 1. The topological polar surface area (TPSA) is 9.23 Å². The second kappa shape index (κ2) is 12.6. The second-order valence-electron chi connectivity index (χ2n) is 11.1. The van der Waals surface area contributed by atoms with Crippen molar-refractivity contribution in [2.24, 2.45) is 17.8 Å². The average molecular weight is 523 g/mol. The van der Waals surface area contributed by atoms with Gasteiger partial charge in [0.25, 0.3) is 0 Å². The summed E-state index contributed by atoms with van der Waals surface area (Å²) >= 11 is 0. The minimum absolute atomic E-state index is 0.480. The van der Waals surface area contributed by atoms with Gasteiger partial charge in [-0.05, 0) is 84.6 Å². The summed E-state index contributed by atoms with van der Waals surface area (Å²) < 4.78 is 69.2. The molecule has 2 aromatic rings. The van der Waals surface area contributed by atoms with Crippen LogP contribution in [0.1, 0.15) is 95.5 Å². The predicted octanol–water partition coefficient (Wildman–Crippen LogP) is 10.4. The lowest BCUT2D eigenvalue weighted by molar-refractivity contribution is -0.254. The van der Waals surface area contributed by atoms with Crippen molar-refractivity contribution in [3.05, 3.63) is 53.8 Å². The van der Waals surface area contributed by atoms with Crippen LogP contribution < -0.4 is 4.74 Å². The van der Waals surface area contributed by atoms with Gasteiger partial charge in [-0.25, -0.2) is 4.39 Å². The fraction of sp³-hybridized carbons (Fsp3) is 0.613. The van der Waals surface area contributed by atoms with Crippen molar-refractivity contribution in [2.45, 2.75) is 102 Å². The maximum atomic E-state index is 14.3. The quantitative estimate of drug-likeness (QED) is 0.211. The first kappa shape index (κ1) is 27.9. The maximum absolute atomic E-state index is 14.3. The highest BCUT2D eigenvalue weighted by Gasteiger charge is 2.44. The molecule has 0 spiro atoms. The minimum atomic E-state index is -4.74. The number of unbranched alkanes of at least 4 members (excludes halogenated alkanes) is 4. The molecular weight excluding hydrogens is 483 g/mol. The lowest BCUT2D eigenvalue weighted by Gasteiger charge is -2.42. The molecule has 4 atom stereocenters. The Bertz CT molecular complexity index is 990. The van der Waals surface area contributed by atoms with Crippen molar-refractivity contribution in [1.82, 2.24) is 0 Å². The summed E-state index contributed by atoms with van der Waals surface area (Å²) in [6, 6.07) is 11.4. The molecule has 2 aliphatic rings. The van der Waals surface area contributed by atoms with Crippen molar-refractivity contribution in [3.63, 3.8) is 0 Å². The normalized spacial score (nSPS) is 24.2. The lowest BCUT2D eigenvalue weighted by Crippen LogP contribution is -2.33. The van der Waals surface area contributed by atoms with Crippen LogP contribution in [-0.2, 0) is 0 Å². The Hall–Kier alpha value is -2.11. The molecule has 0 aromatic heterocycles. The van der Waals surface area contributed by atoms with Gasteiger partial charge in [0.1, 0.15) is 0 Å². The van der Waals surface area contributed by atoms with E-state index in [9.17, 15) is 22.0 Å². The Morgan fingerprint density at radius 2 is 1.51 bits per heavy atom. The first-order valence-corrected chi connectivity index (χ1v) is 14.0. The number of ether oxygens (including phenoxy) is 1. The summed E-state index contributed by atoms with van der Waals surface area (Å²) in [7, 11) is 0. The third kappa shape index (κ3) is 7.26. The summed E-state index contributed by atoms with van der Waals surface area (Å²) in [5.41, 5.74) is 2.51. The van der Waals surface area contributed by atoms with E-state index in [0.717, 1.165) is 35.4 Å². The van der Waals surface area contributed by atoms with E-state index in [2.05, 4.69) is 23.8 Å². The molecule has 4 rings (SSSR count). The zero-order valence-electron chi connectivity index (χ0n) is 21.7. The molecule has 0 amide bonds. The Morgan fingerprint density at radius 3 is 2.22 bits per heavy atom. The van der Waals surface area contributed by atoms with Gasteiger partial charge in [0.05, 0.1) is 0 Å². The zero-order valence-corrected chi connectivity index (χ0v) is 21.7. The fourth-order valence-electron chi connectivity index (χ4n) is 6.49. The molecule has 2 aliphatic carbocycles. The molecule has 37 heavy (non-hydrogen) atoms. The van der Waals surface area contributed by atoms with Gasteiger partial charge < -0.3 is 4.74 Å². The number of rotatable bonds is 11. The van der Waals surface area contributed by atoms with E-state index in [4.69, 9.17) is 0 Å². The first-order valence-electron chi connectivity index (χ1n) is 14.0. The molecular formula is C31H39F5O. The summed E-state index contributed by atoms with van der Waals surface area (Å²) in [6.07, 6.45) is 7.27. The van der Waals surface area contributed by atoms with Gasteiger partial charge in [-0.3, -0.25) is 0 Å². The molecule has 4 unspecified atom stereocenters. The van der Waals surface area contributed by atoms with E-state index >= 15 is 0 Å². The van der Waals surface area contributed by atoms with Crippen molar-refractivity contribution in [3.8, 4) is 16.9 Å². The molecule has 0 heterocycles. The molecule has 2 saturated carbocycles. The molecule has 6 heteroatoms. The van der Waals surface area contributed by atoms with Crippen LogP contribution in [0.2, 0.25) is 0 Å². The highest BCUT2D eigenvalue weighted by molar-refractivity contribution is 5.64. The molecule has 2 aromatic carbocycles. The van der Waals surface area contributed by atoms with Crippen LogP contribution in [0.3, 0.4) is 0 Å². The second-order valence-corrected chi connectivity index (χ2v) is 11.1. The van der Waals surface area contributed by atoms with Crippen LogP contribution in [0, 0.1) is 23.6 Å². The van der Waals surface area contributed by atoms with Gasteiger partial charge in [-0.15, -0.1) is 0 Å². The van der Waals surface area contributed by atoms with Crippen LogP contribution in [0.5, 0.6) is 5.75 Å². The Kier molecular flexibility index (Phi) is 9.52. The van der Waals surface area contributed by atoms with Gasteiger partial charge in [-0.1, -0.05) is 82.2 Å². The number of alkyl halides is 4. The number of halogens is 5. The van der Waals surface area contributed by atoms with Crippen molar-refractivity contribution >= 4 is 0 Å². The smallest absolute Gasteiger partial charge is 0.425 e. The number of hydrogen-bond acceptors (Lipinski definition) is 1. The van der Waals surface area contributed by atoms with Crippen LogP contribution in [-0.4, -0.2) is 12.5 Å². The zero-order chi connectivity index (χ0) is 26.4. The van der Waals surface area contributed by atoms with Crippen LogP contribution in [0.4, 0.5) is 22.0 Å². The summed E-state index contributed by atoms with van der Waals surface area (Å²) in [5, 5.41) is 0. The molecule has 0 aliphatic heterocycles. The van der Waals surface area contributed by atoms with Crippen molar-refractivity contribution < 1.29 is 26.7 Å². The van der Waals surface area contributed by atoms with E-state index in [1.807, 2.05) is 12.1 Å². The Labute approximate surface area is 217 Å². The van der Waals surface area contributed by atoms with E-state index < -0.39 is 24.1 Å². The highest BCUT2D eigenvalue weighted by atomic mass is 19.3. The number of hydrogen-bond donors (Lipinski definition) is 0. The minimum Gasteiger partial charge on any atom is -0.425 e. The average Bonchev–Trinajstić information content (AvgIpc) is 2.89. The first-order chi connectivity index (χ1) is 17.8. The molecule has 0 N–H and O–H groups in total. The van der Waals surface area contributed by atoms with Crippen molar-refractivity contribution in [2.75, 3.05) is 0 Å². The van der Waals surface area contributed by atoms with Crippen LogP contribution in [0.25, 0.3) is 11.1 Å². The van der Waals surface area contributed by atoms with E-state index in [0.29, 0.717) is 11.5 Å². The van der Waals surface area contributed by atoms with E-state index in [1.54, 1.807) is 0 Å². The Balaban J connectivity index is 1.30. The third-order valence-electron chi connectivity index (χ3n) is 8.58. The number of benzene rings is 2. The van der Waals surface area contributed by atoms with Crippen LogP contribution >= 0.6 is 0 Å². The maximum Gasteiger partial charge on any atom is 0.461 e. The van der Waals surface area contributed by atoms with Gasteiger partial charge in [0, 0.05) is 0 Å². The van der Waals surface area contributed by atoms with Gasteiger partial charge in [-0.2, -0.15) is 17.6 Å². The van der Waals surface area contributed by atoms with E-state index in [1.165, 1.54) is 88.7 Å². The summed E-state index contributed by atoms with van der Waals surface area (Å²) in [4.78, 5) is 0. The summed E-state index contributed by atoms with van der Waals surface area (Å²) in [6.45, 7) is 2.26. The fourth-order valence-corrected chi connectivity index (χ4v) is 6.49. The SMILES string of the molecule is CCCCCCCC1CCC2CC(c3ccc(-c4ccc(OC(F)(F)C(F)F)c(F)c4)cc3)CCC2C1. The molecule has 0 bridgehead atoms. The van der Waals surface area contributed by atoms with Crippen molar-refractivity contribution in [1.29, 1.82) is 0 Å². The predicted molar refractivity (Wildman–Crippen MR) is 138 cm³/mol. The van der Waals surface area contributed by atoms with Crippen LogP contribution in [0.15, 0.2) is 42.5 Å². The highest BCUT2D eigenvalue weighted by Crippen LogP contribution is 2.48. The summed E-state index contributed by atoms with van der Waals surface area (Å²) in [5.74, 6) is 1.13. The van der Waals surface area contributed by atoms with E-state index in [-0.39, 0.29) is 0 Å². The van der Waals surface area contributed by atoms with Gasteiger partial charge in [0.15, 0.2) is 11.6 Å². The molecule has 204 valence electrons. The molecule has 0 saturated heterocycles. The van der Waals surface area contributed by atoms with Gasteiger partial charge in [0.2, 0.25) is 0 Å².